The normalized spacial score (nSPS) is 11.2. The molecule has 144 valence electrons. The van der Waals surface area contributed by atoms with Gasteiger partial charge in [-0.3, -0.25) is 0 Å². The van der Waals surface area contributed by atoms with Crippen molar-refractivity contribution in [1.82, 2.24) is 0 Å². The molecule has 3 N–H and O–H groups in total. The Bertz CT molecular complexity index is 1200. The maximum absolute atomic E-state index is 10.7. The monoisotopic (exact) mass is 452 g/mol. The average Bonchev–Trinajstić information content (AvgIpc) is 3.05. The number of carboxylic acid groups (broad SMARTS) is 1. The van der Waals surface area contributed by atoms with E-state index < -0.39 is 5.97 Å². The zero-order chi connectivity index (χ0) is 20.4. The van der Waals surface area contributed by atoms with E-state index in [0.717, 1.165) is 37.0 Å². The number of carboxylic acids is 1. The second kappa shape index (κ2) is 7.87. The first-order valence-corrected chi connectivity index (χ1v) is 10.4. The van der Waals surface area contributed by atoms with Crippen molar-refractivity contribution in [3.63, 3.8) is 0 Å². The van der Waals surface area contributed by atoms with Crippen LogP contribution < -0.4 is 4.74 Å². The summed E-state index contributed by atoms with van der Waals surface area (Å²) in [6, 6.07) is 19.4. The average molecular weight is 451 g/mol. The van der Waals surface area contributed by atoms with E-state index in [0.29, 0.717) is 5.75 Å². The third-order valence-electron chi connectivity index (χ3n) is 4.28. The molecule has 0 amide bonds. The topological polar surface area (TPSA) is 87.0 Å². The van der Waals surface area contributed by atoms with Gasteiger partial charge in [-0.2, -0.15) is 0 Å². The first-order valence-electron chi connectivity index (χ1n) is 8.73. The van der Waals surface area contributed by atoms with Gasteiger partial charge in [-0.1, -0.05) is 0 Å². The van der Waals surface area contributed by atoms with Gasteiger partial charge in [0.1, 0.15) is 0 Å². The third-order valence-corrected chi connectivity index (χ3v) is 6.76. The quantitative estimate of drug-likeness (QED) is 0.298. The predicted molar refractivity (Wildman–Crippen MR) is 113 cm³/mol. The molecule has 3 aromatic carbocycles. The summed E-state index contributed by atoms with van der Waals surface area (Å²) in [4.78, 5) is 10.7. The van der Waals surface area contributed by atoms with E-state index >= 15 is 0 Å². The zero-order valence-corrected chi connectivity index (χ0v) is 16.8. The molecule has 0 atom stereocenters. The van der Waals surface area contributed by atoms with Crippen molar-refractivity contribution in [2.24, 2.45) is 0 Å². The molecule has 0 radical (unpaired) electrons. The van der Waals surface area contributed by atoms with Gasteiger partial charge in [-0.15, -0.1) is 0 Å². The standard InChI is InChI=1S/C23H16O5Se/c24-16-6-4-15(5-7-16)23-22(19-11-8-17(25)13-20(19)29-23)28-18-9-1-14(2-10-18)3-12-21(26)27/h1-13,24-25H,(H,26,27)/b12-3+. The van der Waals surface area contributed by atoms with Crippen LogP contribution in [0.5, 0.6) is 23.0 Å². The van der Waals surface area contributed by atoms with Crippen molar-refractivity contribution in [1.29, 1.82) is 0 Å². The van der Waals surface area contributed by atoms with Gasteiger partial charge in [0.05, 0.1) is 0 Å². The summed E-state index contributed by atoms with van der Waals surface area (Å²) < 4.78 is 8.28. The molecule has 0 unspecified atom stereocenters. The van der Waals surface area contributed by atoms with E-state index in [1.807, 2.05) is 18.2 Å². The molecule has 4 aromatic rings. The predicted octanol–water partition coefficient (Wildman–Crippen LogP) is 4.87. The molecule has 0 bridgehead atoms. The van der Waals surface area contributed by atoms with Gasteiger partial charge in [0, 0.05) is 0 Å². The van der Waals surface area contributed by atoms with E-state index in [1.54, 1.807) is 48.5 Å². The molecule has 0 aliphatic carbocycles. The summed E-state index contributed by atoms with van der Waals surface area (Å²) in [7, 11) is 0. The van der Waals surface area contributed by atoms with Crippen LogP contribution >= 0.6 is 0 Å². The summed E-state index contributed by atoms with van der Waals surface area (Å²) in [5.74, 6) is 0.760. The molecule has 0 aliphatic heterocycles. The van der Waals surface area contributed by atoms with Crippen LogP contribution in [0.2, 0.25) is 0 Å². The molecule has 1 aromatic heterocycles. The van der Waals surface area contributed by atoms with Crippen molar-refractivity contribution >= 4 is 36.2 Å². The van der Waals surface area contributed by atoms with Crippen LogP contribution in [0.15, 0.2) is 72.8 Å². The van der Waals surface area contributed by atoms with Crippen LogP contribution in [0.4, 0.5) is 0 Å². The van der Waals surface area contributed by atoms with Crippen LogP contribution in [-0.2, 0) is 4.79 Å². The Kier molecular flexibility index (Phi) is 5.12. The van der Waals surface area contributed by atoms with Crippen molar-refractivity contribution in [2.45, 2.75) is 0 Å². The van der Waals surface area contributed by atoms with Gasteiger partial charge in [0.15, 0.2) is 0 Å². The Morgan fingerprint density at radius 2 is 1.59 bits per heavy atom. The van der Waals surface area contributed by atoms with Crippen molar-refractivity contribution in [3.05, 3.63) is 78.4 Å². The van der Waals surface area contributed by atoms with Crippen LogP contribution in [0.1, 0.15) is 5.56 Å². The molecule has 5 nitrogen and oxygen atoms in total. The number of fused-ring (bicyclic) bond motifs is 1. The second-order valence-electron chi connectivity index (χ2n) is 6.33. The SMILES string of the molecule is O=C(O)/C=C/c1ccc(Oc2c(-c3ccc(O)cc3)[se]c3cc(O)ccc23)cc1. The van der Waals surface area contributed by atoms with E-state index in [4.69, 9.17) is 9.84 Å². The van der Waals surface area contributed by atoms with Crippen LogP contribution in [0, 0.1) is 0 Å². The molecular formula is C23H16O5Se. The Labute approximate surface area is 172 Å². The van der Waals surface area contributed by atoms with E-state index in [1.165, 1.54) is 6.08 Å². The summed E-state index contributed by atoms with van der Waals surface area (Å²) in [6.45, 7) is 0. The summed E-state index contributed by atoms with van der Waals surface area (Å²) in [5.41, 5.74) is 1.71. The molecule has 0 saturated carbocycles. The molecular weight excluding hydrogens is 435 g/mol. The first-order chi connectivity index (χ1) is 14.0. The molecule has 0 fully saturated rings. The van der Waals surface area contributed by atoms with E-state index in [2.05, 4.69) is 0 Å². The number of carbonyl (C=O) groups is 1. The van der Waals surface area contributed by atoms with Crippen molar-refractivity contribution in [2.75, 3.05) is 0 Å². The molecule has 4 rings (SSSR count). The fourth-order valence-corrected chi connectivity index (χ4v) is 5.35. The van der Waals surface area contributed by atoms with Crippen LogP contribution in [-0.4, -0.2) is 35.8 Å². The van der Waals surface area contributed by atoms with Gasteiger partial charge >= 0.3 is 172 Å². The minimum absolute atomic E-state index is 0.0649. The Morgan fingerprint density at radius 1 is 0.897 bits per heavy atom. The number of aliphatic carboxylic acids is 1. The van der Waals surface area contributed by atoms with Crippen LogP contribution in [0.25, 0.3) is 25.7 Å². The molecule has 29 heavy (non-hydrogen) atoms. The summed E-state index contributed by atoms with van der Waals surface area (Å²) >= 11 is -0.0649. The van der Waals surface area contributed by atoms with E-state index in [-0.39, 0.29) is 26.0 Å². The van der Waals surface area contributed by atoms with E-state index in [9.17, 15) is 15.0 Å². The minimum atomic E-state index is -0.998. The Morgan fingerprint density at radius 3 is 2.28 bits per heavy atom. The number of hydrogen-bond acceptors (Lipinski definition) is 4. The van der Waals surface area contributed by atoms with Gasteiger partial charge in [0.2, 0.25) is 0 Å². The van der Waals surface area contributed by atoms with Crippen LogP contribution in [0.3, 0.4) is 0 Å². The Balaban J connectivity index is 1.75. The fourth-order valence-electron chi connectivity index (χ4n) is 2.90. The number of hydrogen-bond donors (Lipinski definition) is 3. The van der Waals surface area contributed by atoms with Crippen molar-refractivity contribution in [3.8, 4) is 33.0 Å². The van der Waals surface area contributed by atoms with Gasteiger partial charge in [-0.25, -0.2) is 0 Å². The molecule has 0 spiro atoms. The number of phenols is 2. The molecule has 0 aliphatic rings. The maximum atomic E-state index is 10.7. The molecule has 1 heterocycles. The number of rotatable bonds is 5. The number of ether oxygens (including phenoxy) is 1. The molecule has 6 heteroatoms. The first kappa shape index (κ1) is 18.9. The Hall–Kier alpha value is -3.47. The van der Waals surface area contributed by atoms with Gasteiger partial charge in [0.25, 0.3) is 0 Å². The number of phenolic OH excluding ortho intramolecular Hbond substituents is 2. The zero-order valence-electron chi connectivity index (χ0n) is 15.1. The summed E-state index contributed by atoms with van der Waals surface area (Å²) in [6.07, 6.45) is 2.60. The molecule has 0 saturated heterocycles. The van der Waals surface area contributed by atoms with Gasteiger partial charge < -0.3 is 0 Å². The number of benzene rings is 3. The summed E-state index contributed by atoms with van der Waals surface area (Å²) in [5, 5.41) is 29.1. The second-order valence-corrected chi connectivity index (χ2v) is 8.54. The van der Waals surface area contributed by atoms with Crippen molar-refractivity contribution < 1.29 is 24.9 Å². The fraction of sp³-hybridized carbons (Fsp3) is 0. The van der Waals surface area contributed by atoms with Gasteiger partial charge in [-0.05, 0) is 0 Å². The number of aromatic hydroxyl groups is 2. The third kappa shape index (κ3) is 4.19.